The fraction of sp³-hybridized carbons (Fsp3) is 0.0870. The van der Waals surface area contributed by atoms with E-state index < -0.39 is 16.8 Å². The molecule has 1 aromatic heterocycles. The van der Waals surface area contributed by atoms with Gasteiger partial charge < -0.3 is 9.52 Å². The van der Waals surface area contributed by atoms with Crippen molar-refractivity contribution in [2.75, 3.05) is 5.01 Å². The Morgan fingerprint density at radius 1 is 1.16 bits per heavy atom. The van der Waals surface area contributed by atoms with Crippen LogP contribution in [0.15, 0.2) is 69.7 Å². The number of carbonyl (C=O) groups excluding carboxylic acids is 1. The number of anilines is 1. The van der Waals surface area contributed by atoms with Gasteiger partial charge in [0.25, 0.3) is 11.6 Å². The lowest BCUT2D eigenvalue weighted by Crippen LogP contribution is -2.21. The largest absolute Gasteiger partial charge is 0.478 e. The lowest BCUT2D eigenvalue weighted by Gasteiger charge is -2.12. The highest BCUT2D eigenvalue weighted by molar-refractivity contribution is 6.32. The van der Waals surface area contributed by atoms with Crippen LogP contribution in [0.3, 0.4) is 0 Å². The molecule has 1 N–H and O–H groups in total. The molecule has 2 heterocycles. The minimum atomic E-state index is -1.10. The Kier molecular flexibility index (Phi) is 5.15. The summed E-state index contributed by atoms with van der Waals surface area (Å²) < 4.78 is 5.83. The molecule has 0 bridgehead atoms. The van der Waals surface area contributed by atoms with Crippen molar-refractivity contribution in [3.8, 4) is 11.3 Å². The molecule has 0 saturated heterocycles. The number of benzene rings is 2. The number of aryl methyl sites for hydroxylation is 1. The smallest absolute Gasteiger partial charge is 0.335 e. The van der Waals surface area contributed by atoms with Gasteiger partial charge in [-0.3, -0.25) is 14.9 Å². The van der Waals surface area contributed by atoms with E-state index in [1.165, 1.54) is 24.3 Å². The minimum Gasteiger partial charge on any atom is -0.478 e. The van der Waals surface area contributed by atoms with E-state index in [1.54, 1.807) is 43.3 Å². The molecule has 160 valence electrons. The molecule has 2 aromatic carbocycles. The quantitative estimate of drug-likeness (QED) is 0.355. The predicted molar refractivity (Wildman–Crippen MR) is 118 cm³/mol. The van der Waals surface area contributed by atoms with Crippen molar-refractivity contribution < 1.29 is 24.0 Å². The van der Waals surface area contributed by atoms with Gasteiger partial charge in [0.2, 0.25) is 0 Å². The number of aromatic carboxylic acids is 1. The number of amides is 1. The second kappa shape index (κ2) is 7.95. The van der Waals surface area contributed by atoms with Gasteiger partial charge >= 0.3 is 5.97 Å². The van der Waals surface area contributed by atoms with E-state index in [0.29, 0.717) is 34.1 Å². The molecular formula is C23H17N3O6. The first-order valence-electron chi connectivity index (χ1n) is 9.55. The number of hydrogen-bond acceptors (Lipinski definition) is 6. The molecule has 0 saturated carbocycles. The molecule has 0 atom stereocenters. The Hall–Kier alpha value is -4.53. The van der Waals surface area contributed by atoms with Crippen LogP contribution in [-0.2, 0) is 4.79 Å². The van der Waals surface area contributed by atoms with Crippen molar-refractivity contribution in [3.05, 3.63) is 87.2 Å². The van der Waals surface area contributed by atoms with Crippen molar-refractivity contribution in [2.45, 2.75) is 13.8 Å². The average molecular weight is 431 g/mol. The molecule has 9 nitrogen and oxygen atoms in total. The fourth-order valence-electron chi connectivity index (χ4n) is 3.34. The van der Waals surface area contributed by atoms with Gasteiger partial charge in [0.15, 0.2) is 0 Å². The van der Waals surface area contributed by atoms with E-state index >= 15 is 0 Å². The number of carboxylic acids is 1. The number of non-ortho nitro benzene ring substituents is 1. The summed E-state index contributed by atoms with van der Waals surface area (Å²) in [6, 6.07) is 13.8. The Morgan fingerprint density at radius 3 is 2.66 bits per heavy atom. The van der Waals surface area contributed by atoms with Crippen LogP contribution in [0.4, 0.5) is 11.4 Å². The number of hydrogen-bond donors (Lipinski definition) is 1. The zero-order valence-corrected chi connectivity index (χ0v) is 17.1. The van der Waals surface area contributed by atoms with Gasteiger partial charge in [-0.25, -0.2) is 4.79 Å². The Bertz CT molecular complexity index is 1340. The van der Waals surface area contributed by atoms with E-state index in [4.69, 9.17) is 4.42 Å². The molecule has 0 radical (unpaired) electrons. The maximum Gasteiger partial charge on any atom is 0.335 e. The number of nitro groups is 1. The van der Waals surface area contributed by atoms with Gasteiger partial charge in [-0.1, -0.05) is 12.1 Å². The molecular weight excluding hydrogens is 414 g/mol. The molecule has 1 aliphatic heterocycles. The molecule has 0 aliphatic carbocycles. The molecule has 32 heavy (non-hydrogen) atoms. The highest BCUT2D eigenvalue weighted by Gasteiger charge is 2.29. The van der Waals surface area contributed by atoms with Crippen LogP contribution in [0.2, 0.25) is 0 Å². The third-order valence-electron chi connectivity index (χ3n) is 5.01. The maximum absolute atomic E-state index is 12.9. The summed E-state index contributed by atoms with van der Waals surface area (Å²) in [4.78, 5) is 34.8. The zero-order chi connectivity index (χ0) is 23.0. The van der Waals surface area contributed by atoms with Crippen molar-refractivity contribution >= 4 is 35.0 Å². The second-order valence-corrected chi connectivity index (χ2v) is 7.17. The summed E-state index contributed by atoms with van der Waals surface area (Å²) >= 11 is 0. The molecule has 1 amide bonds. The van der Waals surface area contributed by atoms with Crippen LogP contribution in [-0.4, -0.2) is 27.6 Å². The summed E-state index contributed by atoms with van der Waals surface area (Å²) in [6.45, 7) is 3.49. The molecule has 3 aromatic rings. The molecule has 0 spiro atoms. The SMILES string of the molecule is CC1=NN(c2cccc(C(=O)O)c2)C(=O)/C1=C\c1ccc(-c2cc([N+](=O)[O-])ccc2C)o1. The van der Waals surface area contributed by atoms with Crippen LogP contribution in [0.1, 0.15) is 28.6 Å². The summed E-state index contributed by atoms with van der Waals surface area (Å²) in [5.74, 6) is -0.710. The van der Waals surface area contributed by atoms with Gasteiger partial charge in [0.1, 0.15) is 11.5 Å². The van der Waals surface area contributed by atoms with Crippen molar-refractivity contribution in [1.29, 1.82) is 0 Å². The Labute approximate surface area is 182 Å². The standard InChI is InChI=1S/C23H17N3O6/c1-13-6-7-17(26(30)31)11-19(13)21-9-8-18(32-21)12-20-14(2)24-25(22(20)27)16-5-3-4-15(10-16)23(28)29/h3-12H,1-2H3,(H,28,29)/b20-12-. The molecule has 4 rings (SSSR count). The second-order valence-electron chi connectivity index (χ2n) is 7.17. The number of hydrazone groups is 1. The van der Waals surface area contributed by atoms with E-state index in [0.717, 1.165) is 10.6 Å². The third kappa shape index (κ3) is 3.79. The molecule has 1 aliphatic rings. The number of rotatable bonds is 5. The van der Waals surface area contributed by atoms with Crippen LogP contribution >= 0.6 is 0 Å². The third-order valence-corrected chi connectivity index (χ3v) is 5.01. The minimum absolute atomic E-state index is 0.0450. The Balaban J connectivity index is 1.64. The van der Waals surface area contributed by atoms with E-state index in [2.05, 4.69) is 5.10 Å². The summed E-state index contributed by atoms with van der Waals surface area (Å²) in [7, 11) is 0. The topological polar surface area (TPSA) is 126 Å². The number of carbonyl (C=O) groups is 2. The predicted octanol–water partition coefficient (Wildman–Crippen LogP) is 4.67. The Morgan fingerprint density at radius 2 is 1.94 bits per heavy atom. The van der Waals surface area contributed by atoms with E-state index in [-0.39, 0.29) is 11.3 Å². The monoisotopic (exact) mass is 431 g/mol. The van der Waals surface area contributed by atoms with E-state index in [9.17, 15) is 24.8 Å². The number of carboxylic acid groups (broad SMARTS) is 1. The molecule has 9 heteroatoms. The zero-order valence-electron chi connectivity index (χ0n) is 17.1. The molecule has 0 fully saturated rings. The average Bonchev–Trinajstić information content (AvgIpc) is 3.34. The highest BCUT2D eigenvalue weighted by Crippen LogP contribution is 2.31. The van der Waals surface area contributed by atoms with Crippen LogP contribution in [0, 0.1) is 17.0 Å². The first-order chi connectivity index (χ1) is 15.2. The summed E-state index contributed by atoms with van der Waals surface area (Å²) in [6.07, 6.45) is 1.54. The van der Waals surface area contributed by atoms with Gasteiger partial charge in [-0.2, -0.15) is 10.1 Å². The van der Waals surface area contributed by atoms with Crippen LogP contribution < -0.4 is 5.01 Å². The number of nitrogens with zero attached hydrogens (tertiary/aromatic N) is 3. The first-order valence-corrected chi connectivity index (χ1v) is 9.55. The molecule has 0 unspecified atom stereocenters. The van der Waals surface area contributed by atoms with Crippen molar-refractivity contribution in [1.82, 2.24) is 0 Å². The van der Waals surface area contributed by atoms with Crippen molar-refractivity contribution in [2.24, 2.45) is 5.10 Å². The number of nitro benzene ring substituents is 1. The number of furan rings is 1. The van der Waals surface area contributed by atoms with Crippen LogP contribution in [0.25, 0.3) is 17.4 Å². The normalized spacial score (nSPS) is 14.7. The first kappa shape index (κ1) is 20.7. The van der Waals surface area contributed by atoms with E-state index in [1.807, 2.05) is 6.92 Å². The van der Waals surface area contributed by atoms with Crippen LogP contribution in [0.5, 0.6) is 0 Å². The van der Waals surface area contributed by atoms with Crippen molar-refractivity contribution in [3.63, 3.8) is 0 Å². The highest BCUT2D eigenvalue weighted by atomic mass is 16.6. The van der Waals surface area contributed by atoms with Gasteiger partial charge in [0.05, 0.1) is 27.5 Å². The fourth-order valence-corrected chi connectivity index (χ4v) is 3.34. The lowest BCUT2D eigenvalue weighted by molar-refractivity contribution is -0.384. The van der Waals surface area contributed by atoms with Gasteiger partial charge in [-0.05, 0) is 55.8 Å². The van der Waals surface area contributed by atoms with Gasteiger partial charge in [-0.15, -0.1) is 0 Å². The maximum atomic E-state index is 12.9. The van der Waals surface area contributed by atoms with Gasteiger partial charge in [0, 0.05) is 17.7 Å². The summed E-state index contributed by atoms with van der Waals surface area (Å²) in [5, 5.41) is 25.7. The summed E-state index contributed by atoms with van der Waals surface area (Å²) in [5.41, 5.74) is 2.47. The lowest BCUT2D eigenvalue weighted by atomic mass is 10.1.